The van der Waals surface area contributed by atoms with E-state index in [1.165, 1.54) is 6.07 Å². The van der Waals surface area contributed by atoms with E-state index in [2.05, 4.69) is 10.6 Å². The zero-order valence-electron chi connectivity index (χ0n) is 14.0. The van der Waals surface area contributed by atoms with Crippen molar-refractivity contribution in [2.24, 2.45) is 11.8 Å². The maximum absolute atomic E-state index is 13.7. The molecule has 6 heteroatoms. The zero-order valence-corrected chi connectivity index (χ0v) is 14.0. The summed E-state index contributed by atoms with van der Waals surface area (Å²) in [6, 6.07) is 6.41. The lowest BCUT2D eigenvalue weighted by Gasteiger charge is -2.36. The number of benzene rings is 1. The third-order valence-corrected chi connectivity index (χ3v) is 5.20. The molecular weight excluding hydrogens is 309 g/mol. The number of aliphatic hydroxyl groups excluding tert-OH is 1. The van der Waals surface area contributed by atoms with Crippen molar-refractivity contribution in [3.8, 4) is 0 Å². The van der Waals surface area contributed by atoms with Crippen LogP contribution in [0.4, 0.5) is 4.39 Å². The second-order valence-corrected chi connectivity index (χ2v) is 7.15. The fourth-order valence-electron chi connectivity index (χ4n) is 3.92. The molecule has 0 bridgehead atoms. The van der Waals surface area contributed by atoms with Crippen LogP contribution in [-0.2, 0) is 11.3 Å². The summed E-state index contributed by atoms with van der Waals surface area (Å²) in [5, 5.41) is 16.6. The van der Waals surface area contributed by atoms with Gasteiger partial charge in [0.1, 0.15) is 5.82 Å². The maximum Gasteiger partial charge on any atom is 0.234 e. The Labute approximate surface area is 142 Å². The van der Waals surface area contributed by atoms with Crippen LogP contribution < -0.4 is 10.6 Å². The molecule has 5 nitrogen and oxygen atoms in total. The van der Waals surface area contributed by atoms with Crippen LogP contribution in [0, 0.1) is 17.7 Å². The average molecular weight is 335 g/mol. The van der Waals surface area contributed by atoms with Gasteiger partial charge in [0.05, 0.1) is 18.7 Å². The molecule has 0 unspecified atom stereocenters. The SMILES string of the molecule is CN(CC(=O)N[C@H]1C[C@H]2CNC[C@H]2C[C@@H]1O)Cc1ccccc1F. The van der Waals surface area contributed by atoms with Crippen molar-refractivity contribution in [1.29, 1.82) is 0 Å². The molecule has 2 aliphatic rings. The minimum atomic E-state index is -0.480. The van der Waals surface area contributed by atoms with E-state index in [1.807, 2.05) is 0 Å². The predicted octanol–water partition coefficient (Wildman–Crippen LogP) is 0.733. The van der Waals surface area contributed by atoms with Gasteiger partial charge in [0, 0.05) is 12.1 Å². The van der Waals surface area contributed by atoms with Crippen molar-refractivity contribution >= 4 is 5.91 Å². The number of carbonyl (C=O) groups is 1. The number of hydrogen-bond acceptors (Lipinski definition) is 4. The number of fused-ring (bicyclic) bond motifs is 1. The van der Waals surface area contributed by atoms with E-state index in [1.54, 1.807) is 30.1 Å². The molecule has 1 aromatic rings. The minimum absolute atomic E-state index is 0.123. The summed E-state index contributed by atoms with van der Waals surface area (Å²) in [6.45, 7) is 2.50. The summed E-state index contributed by atoms with van der Waals surface area (Å²) < 4.78 is 13.7. The number of hydrogen-bond donors (Lipinski definition) is 3. The molecule has 1 saturated carbocycles. The third kappa shape index (κ3) is 4.12. The van der Waals surface area contributed by atoms with Crippen molar-refractivity contribution in [3.05, 3.63) is 35.6 Å². The normalized spacial score (nSPS) is 29.5. The van der Waals surface area contributed by atoms with Crippen LogP contribution in [0.3, 0.4) is 0 Å². The molecule has 1 aliphatic heterocycles. The molecule has 3 rings (SSSR count). The molecule has 1 aliphatic carbocycles. The highest BCUT2D eigenvalue weighted by atomic mass is 19.1. The molecule has 4 atom stereocenters. The van der Waals surface area contributed by atoms with Gasteiger partial charge in [0.15, 0.2) is 0 Å². The lowest BCUT2D eigenvalue weighted by atomic mass is 9.77. The van der Waals surface area contributed by atoms with Crippen LogP contribution >= 0.6 is 0 Å². The van der Waals surface area contributed by atoms with Crippen LogP contribution in [0.5, 0.6) is 0 Å². The van der Waals surface area contributed by atoms with Gasteiger partial charge in [-0.15, -0.1) is 0 Å². The molecule has 1 amide bonds. The van der Waals surface area contributed by atoms with E-state index in [4.69, 9.17) is 0 Å². The molecule has 0 aromatic heterocycles. The highest BCUT2D eigenvalue weighted by molar-refractivity contribution is 5.78. The van der Waals surface area contributed by atoms with E-state index in [0.29, 0.717) is 23.9 Å². The first kappa shape index (κ1) is 17.3. The van der Waals surface area contributed by atoms with Crippen molar-refractivity contribution in [3.63, 3.8) is 0 Å². The standard InChI is InChI=1S/C18H26FN3O2/c1-22(10-12-4-2-3-5-15(12)19)11-18(24)21-16-6-13-8-20-9-14(13)7-17(16)23/h2-5,13-14,16-17,20,23H,6-11H2,1H3,(H,21,24)/t13-,14+,16-,17-/m0/s1. The molecule has 0 radical (unpaired) electrons. The first-order valence-corrected chi connectivity index (χ1v) is 8.63. The second kappa shape index (κ2) is 7.59. The third-order valence-electron chi connectivity index (χ3n) is 5.20. The molecule has 24 heavy (non-hydrogen) atoms. The van der Waals surface area contributed by atoms with Gasteiger partial charge in [-0.1, -0.05) is 18.2 Å². The molecule has 132 valence electrons. The minimum Gasteiger partial charge on any atom is -0.391 e. The van der Waals surface area contributed by atoms with E-state index in [0.717, 1.165) is 25.9 Å². The summed E-state index contributed by atoms with van der Waals surface area (Å²) in [5.74, 6) is 0.682. The zero-order chi connectivity index (χ0) is 17.1. The maximum atomic E-state index is 13.7. The highest BCUT2D eigenvalue weighted by Gasteiger charge is 2.39. The Morgan fingerprint density at radius 2 is 2.04 bits per heavy atom. The Balaban J connectivity index is 1.49. The Bertz CT molecular complexity index is 583. The van der Waals surface area contributed by atoms with Crippen LogP contribution in [0.15, 0.2) is 24.3 Å². The largest absolute Gasteiger partial charge is 0.391 e. The number of carbonyl (C=O) groups excluding carboxylic acids is 1. The fourth-order valence-corrected chi connectivity index (χ4v) is 3.92. The number of rotatable bonds is 5. The molecule has 1 heterocycles. The van der Waals surface area contributed by atoms with E-state index >= 15 is 0 Å². The number of nitrogens with zero attached hydrogens (tertiary/aromatic N) is 1. The highest BCUT2D eigenvalue weighted by Crippen LogP contribution is 2.32. The van der Waals surface area contributed by atoms with E-state index < -0.39 is 6.10 Å². The first-order valence-electron chi connectivity index (χ1n) is 8.63. The molecular formula is C18H26FN3O2. The summed E-state index contributed by atoms with van der Waals surface area (Å²) in [6.07, 6.45) is 1.09. The lowest BCUT2D eigenvalue weighted by Crippen LogP contribution is -2.51. The Kier molecular flexibility index (Phi) is 5.48. The average Bonchev–Trinajstić information content (AvgIpc) is 2.97. The molecule has 3 N–H and O–H groups in total. The van der Waals surface area contributed by atoms with E-state index in [9.17, 15) is 14.3 Å². The topological polar surface area (TPSA) is 64.6 Å². The quantitative estimate of drug-likeness (QED) is 0.742. The summed E-state index contributed by atoms with van der Waals surface area (Å²) in [7, 11) is 1.79. The monoisotopic (exact) mass is 335 g/mol. The van der Waals surface area contributed by atoms with Crippen LogP contribution in [-0.4, -0.2) is 54.7 Å². The van der Waals surface area contributed by atoms with Gasteiger partial charge >= 0.3 is 0 Å². The Morgan fingerprint density at radius 3 is 2.79 bits per heavy atom. The lowest BCUT2D eigenvalue weighted by molar-refractivity contribution is -0.124. The Hall–Kier alpha value is -1.50. The summed E-state index contributed by atoms with van der Waals surface area (Å²) >= 11 is 0. The van der Waals surface area contributed by atoms with Crippen molar-refractivity contribution in [2.45, 2.75) is 31.5 Å². The van der Waals surface area contributed by atoms with Gasteiger partial charge in [-0.2, -0.15) is 0 Å². The molecule has 0 spiro atoms. The van der Waals surface area contributed by atoms with Gasteiger partial charge < -0.3 is 15.7 Å². The first-order chi connectivity index (χ1) is 11.5. The number of aliphatic hydroxyl groups is 1. The van der Waals surface area contributed by atoms with Gasteiger partial charge in [0.2, 0.25) is 5.91 Å². The Morgan fingerprint density at radius 1 is 1.33 bits per heavy atom. The van der Waals surface area contributed by atoms with Crippen molar-refractivity contribution in [2.75, 3.05) is 26.7 Å². The molecule has 2 fully saturated rings. The van der Waals surface area contributed by atoms with Crippen LogP contribution in [0.25, 0.3) is 0 Å². The number of likely N-dealkylation sites (N-methyl/N-ethyl adjacent to an activating group) is 1. The van der Waals surface area contributed by atoms with E-state index in [-0.39, 0.29) is 24.3 Å². The fraction of sp³-hybridized carbons (Fsp3) is 0.611. The second-order valence-electron chi connectivity index (χ2n) is 7.15. The molecule has 1 saturated heterocycles. The van der Waals surface area contributed by atoms with Gasteiger partial charge in [-0.05, 0) is 50.9 Å². The predicted molar refractivity (Wildman–Crippen MR) is 89.8 cm³/mol. The van der Waals surface area contributed by atoms with Crippen LogP contribution in [0.2, 0.25) is 0 Å². The molecule has 1 aromatic carbocycles. The van der Waals surface area contributed by atoms with Gasteiger partial charge in [-0.25, -0.2) is 4.39 Å². The number of amides is 1. The van der Waals surface area contributed by atoms with Gasteiger partial charge in [-0.3, -0.25) is 9.69 Å². The van der Waals surface area contributed by atoms with Crippen LogP contribution in [0.1, 0.15) is 18.4 Å². The number of halogens is 1. The smallest absolute Gasteiger partial charge is 0.234 e. The van der Waals surface area contributed by atoms with Crippen molar-refractivity contribution in [1.82, 2.24) is 15.5 Å². The van der Waals surface area contributed by atoms with Crippen molar-refractivity contribution < 1.29 is 14.3 Å². The summed E-state index contributed by atoms with van der Waals surface area (Å²) in [4.78, 5) is 14.0. The summed E-state index contributed by atoms with van der Waals surface area (Å²) in [5.41, 5.74) is 0.574. The van der Waals surface area contributed by atoms with Gasteiger partial charge in [0.25, 0.3) is 0 Å². The number of nitrogens with one attached hydrogen (secondary N) is 2.